The Hall–Kier alpha value is -2.09. The second-order valence-corrected chi connectivity index (χ2v) is 8.89. The molecule has 27 heavy (non-hydrogen) atoms. The van der Waals surface area contributed by atoms with Crippen LogP contribution in [0.4, 0.5) is 0 Å². The van der Waals surface area contributed by atoms with E-state index < -0.39 is 15.6 Å². The number of rotatable bonds is 8. The lowest BCUT2D eigenvalue weighted by atomic mass is 10.1. The fraction of sp³-hybridized carbons (Fsp3) is 0.316. The van der Waals surface area contributed by atoms with Gasteiger partial charge in [-0.2, -0.15) is 0 Å². The fourth-order valence-corrected chi connectivity index (χ4v) is 3.19. The van der Waals surface area contributed by atoms with Crippen LogP contribution in [-0.2, 0) is 27.1 Å². The van der Waals surface area contributed by atoms with E-state index in [1.165, 1.54) is 7.05 Å². The summed E-state index contributed by atoms with van der Waals surface area (Å²) in [5, 5.41) is 3.42. The number of benzene rings is 2. The summed E-state index contributed by atoms with van der Waals surface area (Å²) in [5.41, 5.74) is 0.469. The van der Waals surface area contributed by atoms with E-state index in [2.05, 4.69) is 10.0 Å². The molecule has 2 aromatic carbocycles. The molecule has 0 saturated carbocycles. The van der Waals surface area contributed by atoms with E-state index in [4.69, 9.17) is 16.3 Å². The van der Waals surface area contributed by atoms with Crippen LogP contribution in [0.3, 0.4) is 0 Å². The Morgan fingerprint density at radius 2 is 1.59 bits per heavy atom. The van der Waals surface area contributed by atoms with Gasteiger partial charge in [0.1, 0.15) is 5.75 Å². The van der Waals surface area contributed by atoms with Gasteiger partial charge in [-0.3, -0.25) is 4.79 Å². The van der Waals surface area contributed by atoms with Gasteiger partial charge in [0.25, 0.3) is 5.91 Å². The molecule has 0 aliphatic carbocycles. The highest BCUT2D eigenvalue weighted by Crippen LogP contribution is 2.21. The molecule has 0 bridgehead atoms. The molecule has 0 atom stereocenters. The fourth-order valence-electron chi connectivity index (χ4n) is 2.28. The zero-order chi connectivity index (χ0) is 20.1. The molecule has 1 amide bonds. The molecular formula is C19H23ClN2O4S. The van der Waals surface area contributed by atoms with Gasteiger partial charge in [-0.05, 0) is 56.3 Å². The molecule has 0 heterocycles. The van der Waals surface area contributed by atoms with Gasteiger partial charge in [-0.15, -0.1) is 0 Å². The summed E-state index contributed by atoms with van der Waals surface area (Å²) in [6.45, 7) is 3.68. The van der Waals surface area contributed by atoms with Crippen LogP contribution in [0.15, 0.2) is 48.5 Å². The summed E-state index contributed by atoms with van der Waals surface area (Å²) in [4.78, 5) is 12.5. The molecule has 6 nitrogen and oxygen atoms in total. The summed E-state index contributed by atoms with van der Waals surface area (Å²) in [6, 6.07) is 13.8. The monoisotopic (exact) mass is 410 g/mol. The van der Waals surface area contributed by atoms with Gasteiger partial charge in [0.05, 0.1) is 5.75 Å². The van der Waals surface area contributed by atoms with Crippen LogP contribution < -0.4 is 14.8 Å². The highest BCUT2D eigenvalue weighted by Gasteiger charge is 2.29. The Balaban J connectivity index is 1.92. The largest absolute Gasteiger partial charge is 0.478 e. The molecule has 0 aromatic heterocycles. The molecule has 0 fully saturated rings. The Labute approximate surface area is 164 Å². The minimum Gasteiger partial charge on any atom is -0.478 e. The molecule has 0 unspecified atom stereocenters. The van der Waals surface area contributed by atoms with Crippen molar-refractivity contribution in [2.75, 3.05) is 7.05 Å². The van der Waals surface area contributed by atoms with Crippen molar-refractivity contribution in [3.8, 4) is 5.75 Å². The van der Waals surface area contributed by atoms with Gasteiger partial charge in [0.15, 0.2) is 5.60 Å². The summed E-state index contributed by atoms with van der Waals surface area (Å²) >= 11 is 5.85. The lowest BCUT2D eigenvalue weighted by Crippen LogP contribution is -2.46. The van der Waals surface area contributed by atoms with E-state index in [1.807, 2.05) is 0 Å². The SMILES string of the molecule is CNS(=O)(=O)Cc1ccc(CNC(=O)C(C)(C)Oc2ccc(Cl)cc2)cc1. The second-order valence-electron chi connectivity index (χ2n) is 6.53. The van der Waals surface area contributed by atoms with Crippen LogP contribution in [0.2, 0.25) is 5.02 Å². The molecule has 2 rings (SSSR count). The molecule has 2 aromatic rings. The van der Waals surface area contributed by atoms with E-state index >= 15 is 0 Å². The zero-order valence-corrected chi connectivity index (χ0v) is 17.0. The lowest BCUT2D eigenvalue weighted by molar-refractivity contribution is -0.134. The number of hydrogen-bond acceptors (Lipinski definition) is 4. The maximum absolute atomic E-state index is 12.5. The van der Waals surface area contributed by atoms with Gasteiger partial charge >= 0.3 is 0 Å². The summed E-state index contributed by atoms with van der Waals surface area (Å²) in [7, 11) is -1.93. The van der Waals surface area contributed by atoms with Crippen molar-refractivity contribution < 1.29 is 17.9 Å². The predicted molar refractivity (Wildman–Crippen MR) is 106 cm³/mol. The number of carbonyl (C=O) groups excluding carboxylic acids is 1. The number of ether oxygens (including phenoxy) is 1. The summed E-state index contributed by atoms with van der Waals surface area (Å²) < 4.78 is 31.1. The van der Waals surface area contributed by atoms with E-state index in [0.717, 1.165) is 5.56 Å². The highest BCUT2D eigenvalue weighted by molar-refractivity contribution is 7.88. The molecular weight excluding hydrogens is 388 g/mol. The molecule has 2 N–H and O–H groups in total. The molecule has 146 valence electrons. The predicted octanol–water partition coefficient (Wildman–Crippen LogP) is 2.86. The van der Waals surface area contributed by atoms with Crippen molar-refractivity contribution in [3.63, 3.8) is 0 Å². The smallest absolute Gasteiger partial charge is 0.263 e. The molecule has 0 saturated heterocycles. The lowest BCUT2D eigenvalue weighted by Gasteiger charge is -2.25. The van der Waals surface area contributed by atoms with Crippen LogP contribution >= 0.6 is 11.6 Å². The summed E-state index contributed by atoms with van der Waals surface area (Å²) in [5.74, 6) is 0.201. The van der Waals surface area contributed by atoms with Crippen molar-refractivity contribution in [1.82, 2.24) is 10.0 Å². The molecule has 0 aliphatic rings. The quantitative estimate of drug-likeness (QED) is 0.700. The van der Waals surface area contributed by atoms with E-state index in [-0.39, 0.29) is 11.7 Å². The second kappa shape index (κ2) is 8.73. The van der Waals surface area contributed by atoms with E-state index in [9.17, 15) is 13.2 Å². The Morgan fingerprint density at radius 1 is 1.04 bits per heavy atom. The number of amides is 1. The first-order chi connectivity index (χ1) is 12.6. The van der Waals surface area contributed by atoms with Gasteiger partial charge in [0, 0.05) is 11.6 Å². The third-order valence-corrected chi connectivity index (χ3v) is 5.46. The van der Waals surface area contributed by atoms with E-state index in [0.29, 0.717) is 22.9 Å². The molecule has 0 aliphatic heterocycles. The van der Waals surface area contributed by atoms with E-state index in [1.54, 1.807) is 62.4 Å². The number of halogens is 1. The number of sulfonamides is 1. The van der Waals surface area contributed by atoms with Gasteiger partial charge in [-0.25, -0.2) is 13.1 Å². The summed E-state index contributed by atoms with van der Waals surface area (Å²) in [6.07, 6.45) is 0. The van der Waals surface area contributed by atoms with Crippen LogP contribution in [0, 0.1) is 0 Å². The maximum atomic E-state index is 12.5. The normalized spacial score (nSPS) is 11.9. The maximum Gasteiger partial charge on any atom is 0.263 e. The van der Waals surface area contributed by atoms with Crippen LogP contribution in [0.1, 0.15) is 25.0 Å². The van der Waals surface area contributed by atoms with Crippen molar-refractivity contribution in [2.45, 2.75) is 31.7 Å². The standard InChI is InChI=1S/C19H23ClN2O4S/c1-19(2,26-17-10-8-16(20)9-11-17)18(23)22-12-14-4-6-15(7-5-14)13-27(24,25)21-3/h4-11,21H,12-13H2,1-3H3,(H,22,23). The number of hydrogen-bond donors (Lipinski definition) is 2. The Kier molecular flexibility index (Phi) is 6.86. The van der Waals surface area contributed by atoms with Gasteiger partial charge in [-0.1, -0.05) is 35.9 Å². The zero-order valence-electron chi connectivity index (χ0n) is 15.5. The van der Waals surface area contributed by atoms with Crippen molar-refractivity contribution in [3.05, 3.63) is 64.7 Å². The minimum absolute atomic E-state index is 0.0852. The Bertz CT molecular complexity index is 879. The average molecular weight is 411 g/mol. The third kappa shape index (κ3) is 6.53. The minimum atomic E-state index is -3.31. The highest BCUT2D eigenvalue weighted by atomic mass is 35.5. The molecule has 8 heteroatoms. The topological polar surface area (TPSA) is 84.5 Å². The first-order valence-electron chi connectivity index (χ1n) is 8.33. The number of carbonyl (C=O) groups is 1. The van der Waals surface area contributed by atoms with Gasteiger partial charge < -0.3 is 10.1 Å². The van der Waals surface area contributed by atoms with Crippen molar-refractivity contribution >= 4 is 27.5 Å². The molecule has 0 radical (unpaired) electrons. The number of nitrogens with one attached hydrogen (secondary N) is 2. The third-order valence-electron chi connectivity index (χ3n) is 3.88. The Morgan fingerprint density at radius 3 is 2.15 bits per heavy atom. The molecule has 0 spiro atoms. The van der Waals surface area contributed by atoms with Crippen molar-refractivity contribution in [1.29, 1.82) is 0 Å². The average Bonchev–Trinajstić information content (AvgIpc) is 2.62. The van der Waals surface area contributed by atoms with Crippen LogP contribution in [-0.4, -0.2) is 27.0 Å². The first-order valence-corrected chi connectivity index (χ1v) is 10.4. The van der Waals surface area contributed by atoms with Crippen LogP contribution in [0.5, 0.6) is 5.75 Å². The van der Waals surface area contributed by atoms with Gasteiger partial charge in [0.2, 0.25) is 10.0 Å². The first kappa shape index (κ1) is 21.2. The van der Waals surface area contributed by atoms with Crippen molar-refractivity contribution in [2.24, 2.45) is 0 Å². The van der Waals surface area contributed by atoms with Crippen LogP contribution in [0.25, 0.3) is 0 Å².